The van der Waals surface area contributed by atoms with Gasteiger partial charge in [-0.15, -0.1) is 0 Å². The highest BCUT2D eigenvalue weighted by Crippen LogP contribution is 2.11. The normalized spacial score (nSPS) is 13.3. The Morgan fingerprint density at radius 1 is 0.972 bits per heavy atom. The van der Waals surface area contributed by atoms with Gasteiger partial charge in [-0.3, -0.25) is 19.4 Å². The van der Waals surface area contributed by atoms with Crippen molar-refractivity contribution in [2.75, 3.05) is 6.54 Å². The van der Waals surface area contributed by atoms with Gasteiger partial charge in [-0.2, -0.15) is 12.6 Å². The number of aromatic nitrogens is 1. The van der Waals surface area contributed by atoms with Crippen molar-refractivity contribution in [2.45, 2.75) is 56.9 Å². The monoisotopic (exact) mass is 514 g/mol. The van der Waals surface area contributed by atoms with Crippen molar-refractivity contribution in [3.8, 4) is 0 Å². The lowest BCUT2D eigenvalue weighted by molar-refractivity contribution is -0.142. The number of carbonyl (C=O) groups excluding carboxylic acids is 3. The van der Waals surface area contributed by atoms with E-state index in [-0.39, 0.29) is 18.2 Å². The van der Waals surface area contributed by atoms with E-state index in [9.17, 15) is 24.3 Å². The molecule has 1 aromatic carbocycles. The predicted molar refractivity (Wildman–Crippen MR) is 140 cm³/mol. The number of aliphatic carboxylic acids is 1. The molecule has 4 N–H and O–H groups in total. The molecule has 3 amide bonds. The highest BCUT2D eigenvalue weighted by molar-refractivity contribution is 7.81. The molecule has 0 bridgehead atoms. The Morgan fingerprint density at radius 2 is 1.67 bits per heavy atom. The third kappa shape index (κ3) is 10.1. The van der Waals surface area contributed by atoms with Gasteiger partial charge >= 0.3 is 5.97 Å². The molecule has 0 aliphatic rings. The molecule has 0 radical (unpaired) electrons. The largest absolute Gasteiger partial charge is 0.480 e. The van der Waals surface area contributed by atoms with E-state index in [1.807, 2.05) is 19.9 Å². The SMILES string of the molecule is CC(C)CC(NC(=O)C(S)CCCNC(=O)c1cccnc1)C(=O)N[C@@H](Cc1ccccc1)C(=O)O. The van der Waals surface area contributed by atoms with Crippen LogP contribution in [0, 0.1) is 5.92 Å². The summed E-state index contributed by atoms with van der Waals surface area (Å²) in [5.74, 6) is -2.29. The van der Waals surface area contributed by atoms with Crippen molar-refractivity contribution >= 4 is 36.3 Å². The van der Waals surface area contributed by atoms with Gasteiger partial charge < -0.3 is 21.1 Å². The fourth-order valence-corrected chi connectivity index (χ4v) is 3.78. The van der Waals surface area contributed by atoms with Gasteiger partial charge in [0.1, 0.15) is 12.1 Å². The number of hydrogen-bond donors (Lipinski definition) is 5. The fraction of sp³-hybridized carbons (Fsp3) is 0.423. The van der Waals surface area contributed by atoms with Crippen molar-refractivity contribution in [3.63, 3.8) is 0 Å². The van der Waals surface area contributed by atoms with E-state index in [0.29, 0.717) is 31.4 Å². The van der Waals surface area contributed by atoms with Crippen LogP contribution >= 0.6 is 12.6 Å². The predicted octanol–water partition coefficient (Wildman–Crippen LogP) is 2.23. The van der Waals surface area contributed by atoms with E-state index in [0.717, 1.165) is 5.56 Å². The zero-order chi connectivity index (χ0) is 26.5. The number of amides is 3. The number of thiol groups is 1. The Balaban J connectivity index is 1.88. The van der Waals surface area contributed by atoms with E-state index < -0.39 is 35.1 Å². The standard InChI is InChI=1S/C26H34N4O5S/c1-17(2)14-20(24(32)30-21(26(34)35)15-18-8-4-3-5-9-18)29-25(33)22(36)11-7-13-28-23(31)19-10-6-12-27-16-19/h3-6,8-10,12,16-17,20-22,36H,7,11,13-15H2,1-2H3,(H,28,31)(H,29,33)(H,30,32)(H,34,35)/t20?,21-,22?/m0/s1. The molecular formula is C26H34N4O5S. The number of pyridine rings is 1. The quantitative estimate of drug-likeness (QED) is 0.194. The summed E-state index contributed by atoms with van der Waals surface area (Å²) in [7, 11) is 0. The maximum absolute atomic E-state index is 12.9. The van der Waals surface area contributed by atoms with Crippen LogP contribution in [0.2, 0.25) is 0 Å². The smallest absolute Gasteiger partial charge is 0.326 e. The van der Waals surface area contributed by atoms with Crippen LogP contribution in [0.25, 0.3) is 0 Å². The highest BCUT2D eigenvalue weighted by Gasteiger charge is 2.28. The molecule has 36 heavy (non-hydrogen) atoms. The second kappa shape index (κ2) is 14.9. The topological polar surface area (TPSA) is 137 Å². The van der Waals surface area contributed by atoms with Crippen LogP contribution < -0.4 is 16.0 Å². The minimum atomic E-state index is -1.15. The van der Waals surface area contributed by atoms with Crippen molar-refractivity contribution in [1.82, 2.24) is 20.9 Å². The van der Waals surface area contributed by atoms with Gasteiger partial charge in [0.05, 0.1) is 10.8 Å². The maximum Gasteiger partial charge on any atom is 0.326 e. The van der Waals surface area contributed by atoms with Gasteiger partial charge in [0.25, 0.3) is 5.91 Å². The van der Waals surface area contributed by atoms with Crippen LogP contribution in [-0.2, 0) is 20.8 Å². The molecule has 2 unspecified atom stereocenters. The number of nitrogens with zero attached hydrogens (tertiary/aromatic N) is 1. The number of nitrogens with one attached hydrogen (secondary N) is 3. The Hall–Kier alpha value is -3.40. The molecule has 9 nitrogen and oxygen atoms in total. The first kappa shape index (κ1) is 28.8. The molecule has 0 aliphatic heterocycles. The van der Waals surface area contributed by atoms with Gasteiger partial charge in [0.2, 0.25) is 11.8 Å². The summed E-state index contributed by atoms with van der Waals surface area (Å²) in [5.41, 5.74) is 1.23. The zero-order valence-electron chi connectivity index (χ0n) is 20.5. The van der Waals surface area contributed by atoms with Gasteiger partial charge in [-0.25, -0.2) is 4.79 Å². The Bertz CT molecular complexity index is 1000. The summed E-state index contributed by atoms with van der Waals surface area (Å²) in [6.45, 7) is 4.18. The number of hydrogen-bond acceptors (Lipinski definition) is 6. The number of rotatable bonds is 14. The molecule has 3 atom stereocenters. The first-order valence-corrected chi connectivity index (χ1v) is 12.4. The molecule has 194 valence electrons. The van der Waals surface area contributed by atoms with Gasteiger partial charge in [-0.1, -0.05) is 44.2 Å². The lowest BCUT2D eigenvalue weighted by Crippen LogP contribution is -2.53. The van der Waals surface area contributed by atoms with Crippen LogP contribution in [-0.4, -0.2) is 57.7 Å². The first-order chi connectivity index (χ1) is 17.2. The Morgan fingerprint density at radius 3 is 2.28 bits per heavy atom. The number of carboxylic acid groups (broad SMARTS) is 1. The molecule has 1 heterocycles. The maximum atomic E-state index is 12.9. The average Bonchev–Trinajstić information content (AvgIpc) is 2.86. The fourth-order valence-electron chi connectivity index (χ4n) is 3.52. The molecule has 0 fully saturated rings. The summed E-state index contributed by atoms with van der Waals surface area (Å²) in [5, 5.41) is 17.0. The zero-order valence-corrected chi connectivity index (χ0v) is 21.4. The van der Waals surface area contributed by atoms with Crippen LogP contribution in [0.5, 0.6) is 0 Å². The molecule has 10 heteroatoms. The van der Waals surface area contributed by atoms with Crippen molar-refractivity contribution in [1.29, 1.82) is 0 Å². The molecule has 2 aromatic rings. The van der Waals surface area contributed by atoms with Crippen molar-refractivity contribution in [3.05, 3.63) is 66.0 Å². The molecule has 1 aromatic heterocycles. The van der Waals surface area contributed by atoms with E-state index in [1.165, 1.54) is 6.20 Å². The van der Waals surface area contributed by atoms with E-state index in [4.69, 9.17) is 0 Å². The molecule has 2 rings (SSSR count). The van der Waals surface area contributed by atoms with Crippen molar-refractivity contribution < 1.29 is 24.3 Å². The summed E-state index contributed by atoms with van der Waals surface area (Å²) in [6, 6.07) is 10.3. The number of benzene rings is 1. The van der Waals surface area contributed by atoms with Crippen LogP contribution in [0.3, 0.4) is 0 Å². The van der Waals surface area contributed by atoms with Crippen LogP contribution in [0.4, 0.5) is 0 Å². The molecular weight excluding hydrogens is 480 g/mol. The number of carbonyl (C=O) groups is 4. The average molecular weight is 515 g/mol. The molecule has 0 spiro atoms. The molecule has 0 aliphatic carbocycles. The Kier molecular flexibility index (Phi) is 11.9. The first-order valence-electron chi connectivity index (χ1n) is 11.9. The molecule has 0 saturated heterocycles. The molecule has 0 saturated carbocycles. The summed E-state index contributed by atoms with van der Waals surface area (Å²) in [6.07, 6.45) is 4.41. The minimum absolute atomic E-state index is 0.0829. The van der Waals surface area contributed by atoms with Crippen molar-refractivity contribution in [2.24, 2.45) is 5.92 Å². The van der Waals surface area contributed by atoms with Crippen LogP contribution in [0.1, 0.15) is 49.0 Å². The van der Waals surface area contributed by atoms with Crippen LogP contribution in [0.15, 0.2) is 54.9 Å². The highest BCUT2D eigenvalue weighted by atomic mass is 32.1. The third-order valence-electron chi connectivity index (χ3n) is 5.40. The van der Waals surface area contributed by atoms with E-state index >= 15 is 0 Å². The third-order valence-corrected chi connectivity index (χ3v) is 5.90. The van der Waals surface area contributed by atoms with E-state index in [1.54, 1.807) is 42.6 Å². The Labute approximate surface area is 216 Å². The second-order valence-corrected chi connectivity index (χ2v) is 9.56. The van der Waals surface area contributed by atoms with Gasteiger partial charge in [0.15, 0.2) is 0 Å². The number of carboxylic acids is 1. The lowest BCUT2D eigenvalue weighted by atomic mass is 10.0. The lowest BCUT2D eigenvalue weighted by Gasteiger charge is -2.24. The van der Waals surface area contributed by atoms with E-state index in [2.05, 4.69) is 33.6 Å². The minimum Gasteiger partial charge on any atom is -0.480 e. The van der Waals surface area contributed by atoms with Gasteiger partial charge in [-0.05, 0) is 42.9 Å². The second-order valence-electron chi connectivity index (χ2n) is 8.94. The summed E-state index contributed by atoms with van der Waals surface area (Å²) >= 11 is 4.36. The van der Waals surface area contributed by atoms with Gasteiger partial charge in [0, 0.05) is 25.4 Å². The summed E-state index contributed by atoms with van der Waals surface area (Å²) < 4.78 is 0. The summed E-state index contributed by atoms with van der Waals surface area (Å²) in [4.78, 5) is 53.4.